The van der Waals surface area contributed by atoms with E-state index in [4.69, 9.17) is 4.74 Å². The predicted molar refractivity (Wildman–Crippen MR) is 70.2 cm³/mol. The van der Waals surface area contributed by atoms with E-state index in [1.807, 2.05) is 19.9 Å². The number of rotatable bonds is 5. The van der Waals surface area contributed by atoms with E-state index in [0.29, 0.717) is 19.8 Å². The van der Waals surface area contributed by atoms with E-state index in [9.17, 15) is 4.79 Å². The van der Waals surface area contributed by atoms with Crippen LogP contribution >= 0.6 is 27.3 Å². The summed E-state index contributed by atoms with van der Waals surface area (Å²) < 4.78 is 6.24. The fraction of sp³-hybridized carbons (Fsp3) is 0.545. The van der Waals surface area contributed by atoms with Crippen LogP contribution in [0.25, 0.3) is 0 Å². The molecule has 0 unspecified atom stereocenters. The molecule has 0 fully saturated rings. The first kappa shape index (κ1) is 13.7. The third-order valence-corrected chi connectivity index (χ3v) is 4.31. The van der Waals surface area contributed by atoms with Gasteiger partial charge in [-0.25, -0.2) is 0 Å². The van der Waals surface area contributed by atoms with E-state index < -0.39 is 0 Å². The zero-order valence-corrected chi connectivity index (χ0v) is 12.2. The molecule has 0 N–H and O–H groups in total. The highest BCUT2D eigenvalue weighted by Crippen LogP contribution is 2.27. The van der Waals surface area contributed by atoms with Crippen molar-refractivity contribution in [3.8, 4) is 0 Å². The molecule has 0 aliphatic rings. The largest absolute Gasteiger partial charge is 0.380 e. The summed E-state index contributed by atoms with van der Waals surface area (Å²) in [4.78, 5) is 14.4. The van der Waals surface area contributed by atoms with Crippen LogP contribution in [-0.4, -0.2) is 37.6 Å². The molecule has 1 rings (SSSR count). The van der Waals surface area contributed by atoms with Crippen LogP contribution in [0.3, 0.4) is 0 Å². The Labute approximate surface area is 109 Å². The number of likely N-dealkylation sites (N-methyl/N-ethyl adjacent to an activating group) is 1. The van der Waals surface area contributed by atoms with Gasteiger partial charge in [-0.3, -0.25) is 4.79 Å². The van der Waals surface area contributed by atoms with Gasteiger partial charge >= 0.3 is 0 Å². The summed E-state index contributed by atoms with van der Waals surface area (Å²) in [5.74, 6) is 0.0542. The number of carbonyl (C=O) groups is 1. The quantitative estimate of drug-likeness (QED) is 0.783. The molecule has 3 nitrogen and oxygen atoms in total. The Balaban J connectivity index is 2.56. The van der Waals surface area contributed by atoms with Crippen molar-refractivity contribution in [3.63, 3.8) is 0 Å². The third kappa shape index (κ3) is 3.57. The maximum atomic E-state index is 12.0. The van der Waals surface area contributed by atoms with Gasteiger partial charge in [-0.15, -0.1) is 11.3 Å². The molecule has 1 aromatic rings. The molecular formula is C11H16BrNO2S. The lowest BCUT2D eigenvalue weighted by molar-refractivity contribution is 0.0714. The minimum Gasteiger partial charge on any atom is -0.380 e. The van der Waals surface area contributed by atoms with E-state index in [0.717, 1.165) is 14.2 Å². The first-order chi connectivity index (χ1) is 7.56. The third-order valence-electron chi connectivity index (χ3n) is 2.19. The number of amides is 1. The van der Waals surface area contributed by atoms with Crippen LogP contribution in [0.1, 0.15) is 22.2 Å². The van der Waals surface area contributed by atoms with Gasteiger partial charge in [0.05, 0.1) is 15.3 Å². The zero-order valence-electron chi connectivity index (χ0n) is 9.75. The Morgan fingerprint density at radius 1 is 1.62 bits per heavy atom. The number of aryl methyl sites for hydroxylation is 1. The molecular weight excluding hydrogens is 290 g/mol. The molecule has 0 aliphatic carbocycles. The maximum Gasteiger partial charge on any atom is 0.263 e. The molecule has 0 atom stereocenters. The van der Waals surface area contributed by atoms with Crippen LogP contribution in [-0.2, 0) is 4.74 Å². The standard InChI is InChI=1S/C11H16BrNO2S/c1-4-15-6-5-13(3)11(14)9-7-8(2)10(12)16-9/h7H,4-6H2,1-3H3. The molecule has 1 aromatic heterocycles. The van der Waals surface area contributed by atoms with Crippen molar-refractivity contribution in [1.82, 2.24) is 4.90 Å². The van der Waals surface area contributed by atoms with Gasteiger partial charge in [-0.2, -0.15) is 0 Å². The summed E-state index contributed by atoms with van der Waals surface area (Å²) in [6, 6.07) is 1.91. The van der Waals surface area contributed by atoms with Gasteiger partial charge in [0.1, 0.15) is 0 Å². The van der Waals surface area contributed by atoms with E-state index in [1.54, 1.807) is 11.9 Å². The van der Waals surface area contributed by atoms with Crippen LogP contribution in [0.15, 0.2) is 9.85 Å². The zero-order chi connectivity index (χ0) is 12.1. The van der Waals surface area contributed by atoms with Crippen LogP contribution < -0.4 is 0 Å². The Morgan fingerprint density at radius 2 is 2.31 bits per heavy atom. The molecule has 1 amide bonds. The van der Waals surface area contributed by atoms with Crippen LogP contribution in [0.4, 0.5) is 0 Å². The van der Waals surface area contributed by atoms with Crippen molar-refractivity contribution in [1.29, 1.82) is 0 Å². The van der Waals surface area contributed by atoms with Gasteiger partial charge in [0.2, 0.25) is 0 Å². The average Bonchev–Trinajstić information content (AvgIpc) is 2.58. The van der Waals surface area contributed by atoms with Crippen molar-refractivity contribution in [2.24, 2.45) is 0 Å². The number of hydrogen-bond acceptors (Lipinski definition) is 3. The SMILES string of the molecule is CCOCCN(C)C(=O)c1cc(C)c(Br)s1. The van der Waals surface area contributed by atoms with Crippen molar-refractivity contribution in [2.45, 2.75) is 13.8 Å². The van der Waals surface area contributed by atoms with Crippen molar-refractivity contribution >= 4 is 33.2 Å². The van der Waals surface area contributed by atoms with Crippen molar-refractivity contribution in [3.05, 3.63) is 20.3 Å². The van der Waals surface area contributed by atoms with Crippen LogP contribution in [0.2, 0.25) is 0 Å². The Bertz CT molecular complexity index is 345. The van der Waals surface area contributed by atoms with Crippen LogP contribution in [0.5, 0.6) is 0 Å². The highest BCUT2D eigenvalue weighted by Gasteiger charge is 2.15. The van der Waals surface area contributed by atoms with Gasteiger partial charge in [0.25, 0.3) is 5.91 Å². The summed E-state index contributed by atoms with van der Waals surface area (Å²) in [5, 5.41) is 0. The second kappa shape index (κ2) is 6.37. The summed E-state index contributed by atoms with van der Waals surface area (Å²) in [6.45, 7) is 5.83. The summed E-state index contributed by atoms with van der Waals surface area (Å²) >= 11 is 4.90. The number of ether oxygens (including phenoxy) is 1. The highest BCUT2D eigenvalue weighted by atomic mass is 79.9. The molecule has 5 heteroatoms. The highest BCUT2D eigenvalue weighted by molar-refractivity contribution is 9.11. The lowest BCUT2D eigenvalue weighted by atomic mass is 10.3. The van der Waals surface area contributed by atoms with Gasteiger partial charge in [0, 0.05) is 20.2 Å². The fourth-order valence-corrected chi connectivity index (χ4v) is 2.73. The monoisotopic (exact) mass is 305 g/mol. The van der Waals surface area contributed by atoms with Gasteiger partial charge in [-0.05, 0) is 41.4 Å². The number of nitrogens with zero attached hydrogens (tertiary/aromatic N) is 1. The number of thiophene rings is 1. The molecule has 0 saturated heterocycles. The number of carbonyl (C=O) groups excluding carboxylic acids is 1. The maximum absolute atomic E-state index is 12.0. The molecule has 90 valence electrons. The van der Waals surface area contributed by atoms with E-state index >= 15 is 0 Å². The second-order valence-corrected chi connectivity index (χ2v) is 5.86. The molecule has 1 heterocycles. The first-order valence-corrected chi connectivity index (χ1v) is 6.76. The Morgan fingerprint density at radius 3 is 2.81 bits per heavy atom. The lowest BCUT2D eigenvalue weighted by Crippen LogP contribution is -2.29. The van der Waals surface area contributed by atoms with Gasteiger partial charge in [0.15, 0.2) is 0 Å². The number of halogens is 1. The van der Waals surface area contributed by atoms with Crippen molar-refractivity contribution in [2.75, 3.05) is 26.8 Å². The molecule has 0 bridgehead atoms. The lowest BCUT2D eigenvalue weighted by Gasteiger charge is -2.15. The fourth-order valence-electron chi connectivity index (χ4n) is 1.20. The summed E-state index contributed by atoms with van der Waals surface area (Å²) in [6.07, 6.45) is 0. The van der Waals surface area contributed by atoms with Gasteiger partial charge < -0.3 is 9.64 Å². The van der Waals surface area contributed by atoms with Crippen LogP contribution in [0, 0.1) is 6.92 Å². The minimum absolute atomic E-state index is 0.0542. The molecule has 0 aromatic carbocycles. The smallest absolute Gasteiger partial charge is 0.263 e. The Hall–Kier alpha value is -0.390. The molecule has 0 saturated carbocycles. The van der Waals surface area contributed by atoms with E-state index in [-0.39, 0.29) is 5.91 Å². The predicted octanol–water partition coefficient (Wildman–Crippen LogP) is 2.93. The number of hydrogen-bond donors (Lipinski definition) is 0. The van der Waals surface area contributed by atoms with Gasteiger partial charge in [-0.1, -0.05) is 0 Å². The first-order valence-electron chi connectivity index (χ1n) is 5.15. The molecule has 0 aliphatic heterocycles. The van der Waals surface area contributed by atoms with E-state index in [2.05, 4.69) is 15.9 Å². The summed E-state index contributed by atoms with van der Waals surface area (Å²) in [7, 11) is 1.80. The summed E-state index contributed by atoms with van der Waals surface area (Å²) in [5.41, 5.74) is 1.10. The second-order valence-electron chi connectivity index (χ2n) is 3.49. The average molecular weight is 306 g/mol. The van der Waals surface area contributed by atoms with Crippen molar-refractivity contribution < 1.29 is 9.53 Å². The molecule has 0 spiro atoms. The topological polar surface area (TPSA) is 29.5 Å². The molecule has 0 radical (unpaired) electrons. The normalized spacial score (nSPS) is 10.5. The Kier molecular flexibility index (Phi) is 5.44. The van der Waals surface area contributed by atoms with E-state index in [1.165, 1.54) is 11.3 Å². The molecule has 16 heavy (non-hydrogen) atoms. The minimum atomic E-state index is 0.0542.